The molecule has 1 aliphatic carbocycles. The third-order valence-corrected chi connectivity index (χ3v) is 9.04. The lowest BCUT2D eigenvalue weighted by Crippen LogP contribution is -2.53. The lowest BCUT2D eigenvalue weighted by molar-refractivity contribution is 0.0900. The third kappa shape index (κ3) is 4.09. The van der Waals surface area contributed by atoms with Crippen LogP contribution in [0.2, 0.25) is 0 Å². The summed E-state index contributed by atoms with van der Waals surface area (Å²) in [6.45, 7) is 1.78. The number of aromatic nitrogens is 1. The maximum atomic E-state index is 13.1. The van der Waals surface area contributed by atoms with Gasteiger partial charge >= 0.3 is 0 Å². The van der Waals surface area contributed by atoms with Crippen molar-refractivity contribution < 1.29 is 17.7 Å². The van der Waals surface area contributed by atoms with Crippen LogP contribution in [0.5, 0.6) is 0 Å². The van der Waals surface area contributed by atoms with Gasteiger partial charge in [0.25, 0.3) is 5.91 Å². The number of piperidine rings is 2. The maximum absolute atomic E-state index is 13.1. The lowest BCUT2D eigenvalue weighted by atomic mass is 9.99. The van der Waals surface area contributed by atoms with Gasteiger partial charge in [-0.3, -0.25) is 4.79 Å². The fourth-order valence-electron chi connectivity index (χ4n) is 5.37. The molecule has 160 valence electrons. The van der Waals surface area contributed by atoms with Crippen LogP contribution in [0, 0.1) is 5.92 Å². The first-order valence-electron chi connectivity index (χ1n) is 11.0. The number of carbonyl (C=O) groups is 1. The highest BCUT2D eigenvalue weighted by Crippen LogP contribution is 2.41. The van der Waals surface area contributed by atoms with E-state index in [2.05, 4.69) is 15.8 Å². The van der Waals surface area contributed by atoms with Gasteiger partial charge in [0.15, 0.2) is 5.69 Å². The molecule has 9 heteroatoms. The van der Waals surface area contributed by atoms with Crippen LogP contribution in [0.4, 0.5) is 0 Å². The normalized spacial score (nSPS) is 33.0. The zero-order valence-corrected chi connectivity index (χ0v) is 17.5. The van der Waals surface area contributed by atoms with Gasteiger partial charge in [0.05, 0.1) is 5.75 Å². The Morgan fingerprint density at radius 3 is 2.62 bits per heavy atom. The molecule has 2 N–H and O–H groups in total. The number of nitrogens with zero attached hydrogens (tertiary/aromatic N) is 2. The van der Waals surface area contributed by atoms with Crippen molar-refractivity contribution in [1.29, 1.82) is 0 Å². The van der Waals surface area contributed by atoms with Gasteiger partial charge in [0.1, 0.15) is 5.76 Å². The van der Waals surface area contributed by atoms with E-state index < -0.39 is 10.0 Å². The van der Waals surface area contributed by atoms with E-state index >= 15 is 0 Å². The molecule has 3 saturated heterocycles. The molecular formula is C20H30N4O4S. The topological polar surface area (TPSA) is 105 Å². The molecule has 1 aromatic rings. The van der Waals surface area contributed by atoms with Crippen LogP contribution < -0.4 is 10.6 Å². The summed E-state index contributed by atoms with van der Waals surface area (Å²) in [5.74, 6) is 1.46. The van der Waals surface area contributed by atoms with E-state index in [4.69, 9.17) is 4.52 Å². The summed E-state index contributed by atoms with van der Waals surface area (Å²) >= 11 is 0. The fourth-order valence-corrected chi connectivity index (χ4v) is 7.72. The molecular weight excluding hydrogens is 392 g/mol. The number of nitrogens with one attached hydrogen (secondary N) is 2. The van der Waals surface area contributed by atoms with Crippen molar-refractivity contribution in [1.82, 2.24) is 20.1 Å². The molecule has 1 aromatic heterocycles. The third-order valence-electron chi connectivity index (χ3n) is 6.91. The minimum absolute atomic E-state index is 0.0000614. The SMILES string of the molecule is O=C(NC1C[C@H]2CC[C@@H](C1)N2S(=O)(=O)CC1CCCNC1)c1cc(C2CC2)on1. The molecule has 2 unspecified atom stereocenters. The van der Waals surface area contributed by atoms with Crippen LogP contribution in [0.1, 0.15) is 73.5 Å². The molecule has 0 aromatic carbocycles. The second-order valence-corrected chi connectivity index (χ2v) is 11.2. The number of amides is 1. The van der Waals surface area contributed by atoms with Crippen molar-refractivity contribution in [3.8, 4) is 0 Å². The van der Waals surface area contributed by atoms with Gasteiger partial charge in [-0.1, -0.05) is 5.16 Å². The van der Waals surface area contributed by atoms with Crippen molar-refractivity contribution in [3.05, 3.63) is 17.5 Å². The van der Waals surface area contributed by atoms with Crippen LogP contribution in [-0.2, 0) is 10.0 Å². The number of fused-ring (bicyclic) bond motifs is 2. The molecule has 8 nitrogen and oxygen atoms in total. The van der Waals surface area contributed by atoms with Gasteiger partial charge in [-0.2, -0.15) is 4.31 Å². The quantitative estimate of drug-likeness (QED) is 0.722. The van der Waals surface area contributed by atoms with Gasteiger partial charge in [0, 0.05) is 30.1 Å². The number of sulfonamides is 1. The maximum Gasteiger partial charge on any atom is 0.273 e. The average Bonchev–Trinajstić information content (AvgIpc) is 3.34. The summed E-state index contributed by atoms with van der Waals surface area (Å²) in [6, 6.07) is 1.74. The highest BCUT2D eigenvalue weighted by atomic mass is 32.2. The number of rotatable bonds is 6. The second-order valence-electron chi connectivity index (χ2n) is 9.24. The minimum atomic E-state index is -3.27. The number of hydrogen-bond donors (Lipinski definition) is 2. The Bertz CT molecular complexity index is 846. The molecule has 2 bridgehead atoms. The van der Waals surface area contributed by atoms with Crippen molar-refractivity contribution >= 4 is 15.9 Å². The number of hydrogen-bond acceptors (Lipinski definition) is 6. The van der Waals surface area contributed by atoms with E-state index in [1.54, 1.807) is 10.4 Å². The first-order chi connectivity index (χ1) is 14.0. The summed E-state index contributed by atoms with van der Waals surface area (Å²) in [7, 11) is -3.27. The summed E-state index contributed by atoms with van der Waals surface area (Å²) in [4.78, 5) is 12.6. The van der Waals surface area contributed by atoms with Crippen LogP contribution in [0.15, 0.2) is 10.6 Å². The van der Waals surface area contributed by atoms with Crippen LogP contribution >= 0.6 is 0 Å². The zero-order valence-electron chi connectivity index (χ0n) is 16.7. The van der Waals surface area contributed by atoms with E-state index in [1.165, 1.54) is 0 Å². The van der Waals surface area contributed by atoms with E-state index in [9.17, 15) is 13.2 Å². The van der Waals surface area contributed by atoms with E-state index in [0.29, 0.717) is 24.5 Å². The predicted molar refractivity (Wildman–Crippen MR) is 107 cm³/mol. The largest absolute Gasteiger partial charge is 0.360 e. The summed E-state index contributed by atoms with van der Waals surface area (Å²) in [5, 5.41) is 10.3. The molecule has 4 fully saturated rings. The minimum Gasteiger partial charge on any atom is -0.360 e. The smallest absolute Gasteiger partial charge is 0.273 e. The zero-order chi connectivity index (χ0) is 20.0. The average molecular weight is 423 g/mol. The van der Waals surface area contributed by atoms with Crippen LogP contribution in [0.3, 0.4) is 0 Å². The molecule has 1 saturated carbocycles. The molecule has 4 aliphatic rings. The molecule has 4 atom stereocenters. The van der Waals surface area contributed by atoms with Gasteiger partial charge in [-0.15, -0.1) is 0 Å². The molecule has 4 heterocycles. The van der Waals surface area contributed by atoms with Crippen LogP contribution in [0.25, 0.3) is 0 Å². The van der Waals surface area contributed by atoms with Crippen molar-refractivity contribution in [2.75, 3.05) is 18.8 Å². The Balaban J connectivity index is 1.20. The summed E-state index contributed by atoms with van der Waals surface area (Å²) in [6.07, 6.45) is 7.35. The molecule has 29 heavy (non-hydrogen) atoms. The second kappa shape index (κ2) is 7.67. The Morgan fingerprint density at radius 2 is 1.97 bits per heavy atom. The van der Waals surface area contributed by atoms with Gasteiger partial charge in [-0.05, 0) is 70.4 Å². The Kier molecular flexibility index (Phi) is 5.16. The first-order valence-corrected chi connectivity index (χ1v) is 12.6. The van der Waals surface area contributed by atoms with Crippen LogP contribution in [-0.4, -0.2) is 60.8 Å². The van der Waals surface area contributed by atoms with E-state index in [1.807, 2.05) is 0 Å². The number of carbonyl (C=O) groups excluding carboxylic acids is 1. The van der Waals surface area contributed by atoms with E-state index in [-0.39, 0.29) is 35.7 Å². The summed E-state index contributed by atoms with van der Waals surface area (Å²) in [5.41, 5.74) is 0.332. The molecule has 5 rings (SSSR count). The highest BCUT2D eigenvalue weighted by molar-refractivity contribution is 7.89. The van der Waals surface area contributed by atoms with Crippen molar-refractivity contribution in [3.63, 3.8) is 0 Å². The van der Waals surface area contributed by atoms with Gasteiger partial charge in [-0.25, -0.2) is 8.42 Å². The molecule has 3 aliphatic heterocycles. The highest BCUT2D eigenvalue weighted by Gasteiger charge is 2.47. The van der Waals surface area contributed by atoms with Crippen molar-refractivity contribution in [2.45, 2.75) is 75.4 Å². The standard InChI is InChI=1S/C20H30N4O4S/c25-20(18-10-19(28-23-18)14-3-4-14)22-15-8-16-5-6-17(9-15)24(16)29(26,27)12-13-2-1-7-21-11-13/h10,13-17,21H,1-9,11-12H2,(H,22,25)/t13?,15?,16-,17+. The first kappa shape index (κ1) is 19.5. The fraction of sp³-hybridized carbons (Fsp3) is 0.800. The van der Waals surface area contributed by atoms with Crippen molar-refractivity contribution in [2.24, 2.45) is 5.92 Å². The predicted octanol–water partition coefficient (Wildman–Crippen LogP) is 1.61. The molecule has 1 amide bonds. The Morgan fingerprint density at radius 1 is 1.21 bits per heavy atom. The Hall–Kier alpha value is -1.45. The monoisotopic (exact) mass is 422 g/mol. The van der Waals surface area contributed by atoms with Gasteiger partial charge in [0.2, 0.25) is 10.0 Å². The lowest BCUT2D eigenvalue weighted by Gasteiger charge is -2.39. The summed E-state index contributed by atoms with van der Waals surface area (Å²) < 4.78 is 33.3. The Labute approximate surface area is 171 Å². The molecule has 0 spiro atoms. The van der Waals surface area contributed by atoms with E-state index in [0.717, 1.165) is 57.4 Å². The molecule has 0 radical (unpaired) electrons. The van der Waals surface area contributed by atoms with Gasteiger partial charge < -0.3 is 15.2 Å².